The van der Waals surface area contributed by atoms with Crippen LogP contribution in [-0.2, 0) is 6.54 Å². The third-order valence-electron chi connectivity index (χ3n) is 3.69. The first-order valence-corrected chi connectivity index (χ1v) is 7.83. The van der Waals surface area contributed by atoms with Crippen molar-refractivity contribution in [2.45, 2.75) is 20.4 Å². The van der Waals surface area contributed by atoms with Gasteiger partial charge in [-0.25, -0.2) is 9.98 Å². The van der Waals surface area contributed by atoms with E-state index in [-0.39, 0.29) is 24.0 Å². The van der Waals surface area contributed by atoms with E-state index in [1.165, 1.54) is 11.1 Å². The number of para-hydroxylation sites is 1. The summed E-state index contributed by atoms with van der Waals surface area (Å²) < 4.78 is 1.97. The SMILES string of the molecule is Cc1cc(C)cc(NC(N)=NCc2ccccc2-n2ccnc2)c1.I. The van der Waals surface area contributed by atoms with Gasteiger partial charge in [0, 0.05) is 18.1 Å². The summed E-state index contributed by atoms with van der Waals surface area (Å²) in [4.78, 5) is 8.57. The van der Waals surface area contributed by atoms with E-state index in [1.54, 1.807) is 12.5 Å². The van der Waals surface area contributed by atoms with Gasteiger partial charge in [-0.1, -0.05) is 24.3 Å². The van der Waals surface area contributed by atoms with Crippen molar-refractivity contribution in [3.8, 4) is 5.69 Å². The van der Waals surface area contributed by atoms with Gasteiger partial charge in [0.1, 0.15) is 0 Å². The molecule has 1 heterocycles. The van der Waals surface area contributed by atoms with Crippen LogP contribution in [0, 0.1) is 13.8 Å². The Hall–Kier alpha value is -2.35. The third-order valence-corrected chi connectivity index (χ3v) is 3.69. The minimum Gasteiger partial charge on any atom is -0.370 e. The van der Waals surface area contributed by atoms with Crippen LogP contribution in [0.1, 0.15) is 16.7 Å². The van der Waals surface area contributed by atoms with Gasteiger partial charge in [0.2, 0.25) is 0 Å². The Morgan fingerprint density at radius 1 is 1.16 bits per heavy atom. The van der Waals surface area contributed by atoms with E-state index in [4.69, 9.17) is 5.73 Å². The predicted octanol–water partition coefficient (Wildman–Crippen LogP) is 4.03. The second-order valence-corrected chi connectivity index (χ2v) is 5.80. The van der Waals surface area contributed by atoms with Crippen molar-refractivity contribution in [3.63, 3.8) is 0 Å². The van der Waals surface area contributed by atoms with Crippen LogP contribution >= 0.6 is 24.0 Å². The van der Waals surface area contributed by atoms with E-state index in [0.717, 1.165) is 16.9 Å². The Morgan fingerprint density at radius 2 is 1.88 bits per heavy atom. The van der Waals surface area contributed by atoms with Crippen LogP contribution in [0.4, 0.5) is 5.69 Å². The van der Waals surface area contributed by atoms with Crippen LogP contribution in [-0.4, -0.2) is 15.5 Å². The van der Waals surface area contributed by atoms with E-state index in [1.807, 2.05) is 35.0 Å². The molecule has 0 unspecified atom stereocenters. The topological polar surface area (TPSA) is 68.2 Å². The molecule has 6 heteroatoms. The molecule has 130 valence electrons. The van der Waals surface area contributed by atoms with Crippen molar-refractivity contribution >= 4 is 35.6 Å². The molecule has 0 saturated carbocycles. The smallest absolute Gasteiger partial charge is 0.193 e. The maximum absolute atomic E-state index is 6.04. The number of guanidine groups is 1. The van der Waals surface area contributed by atoms with E-state index >= 15 is 0 Å². The second-order valence-electron chi connectivity index (χ2n) is 5.80. The zero-order valence-corrected chi connectivity index (χ0v) is 16.6. The number of benzene rings is 2. The molecule has 0 atom stereocenters. The number of aliphatic imine (C=N–C) groups is 1. The van der Waals surface area contributed by atoms with Crippen LogP contribution in [0.15, 0.2) is 66.2 Å². The fourth-order valence-corrected chi connectivity index (χ4v) is 2.70. The van der Waals surface area contributed by atoms with Crippen molar-refractivity contribution < 1.29 is 0 Å². The number of aromatic nitrogens is 2. The minimum atomic E-state index is 0. The highest BCUT2D eigenvalue weighted by Gasteiger charge is 2.03. The van der Waals surface area contributed by atoms with Gasteiger partial charge in [-0.05, 0) is 48.7 Å². The molecule has 0 aliphatic carbocycles. The Balaban J connectivity index is 0.00000225. The maximum Gasteiger partial charge on any atom is 0.193 e. The number of nitrogens with zero attached hydrogens (tertiary/aromatic N) is 3. The van der Waals surface area contributed by atoms with E-state index in [0.29, 0.717) is 12.5 Å². The average molecular weight is 447 g/mol. The fraction of sp³-hybridized carbons (Fsp3) is 0.158. The maximum atomic E-state index is 6.04. The number of hydrogen-bond donors (Lipinski definition) is 2. The number of aryl methyl sites for hydroxylation is 2. The summed E-state index contributed by atoms with van der Waals surface area (Å²) in [5.41, 5.74) is 11.5. The molecular weight excluding hydrogens is 425 g/mol. The van der Waals surface area contributed by atoms with Crippen LogP contribution in [0.2, 0.25) is 0 Å². The molecule has 1 aromatic heterocycles. The number of halogens is 1. The zero-order chi connectivity index (χ0) is 16.9. The van der Waals surface area contributed by atoms with E-state index in [2.05, 4.69) is 47.3 Å². The number of hydrogen-bond acceptors (Lipinski definition) is 2. The quantitative estimate of drug-likeness (QED) is 0.361. The summed E-state index contributed by atoms with van der Waals surface area (Å²) >= 11 is 0. The highest BCUT2D eigenvalue weighted by atomic mass is 127. The first-order chi connectivity index (χ1) is 11.6. The molecule has 0 saturated heterocycles. The average Bonchev–Trinajstić information content (AvgIpc) is 3.06. The first kappa shape index (κ1) is 19.0. The Labute approximate surface area is 165 Å². The number of anilines is 1. The standard InChI is InChI=1S/C19H21N5.HI/c1-14-9-15(2)11-17(10-14)23-19(20)22-12-16-5-3-4-6-18(16)24-8-7-21-13-24;/h3-11,13H,12H2,1-2H3,(H3,20,22,23);1H. The molecule has 0 aliphatic rings. The van der Waals surface area contributed by atoms with Crippen LogP contribution in [0.3, 0.4) is 0 Å². The lowest BCUT2D eigenvalue weighted by molar-refractivity contribution is 0.980. The van der Waals surface area contributed by atoms with Crippen molar-refractivity contribution in [1.29, 1.82) is 0 Å². The van der Waals surface area contributed by atoms with Crippen LogP contribution in [0.5, 0.6) is 0 Å². The molecule has 0 spiro atoms. The second kappa shape index (κ2) is 8.66. The number of nitrogens with one attached hydrogen (secondary N) is 1. The van der Waals surface area contributed by atoms with Gasteiger partial charge in [-0.15, -0.1) is 24.0 Å². The van der Waals surface area contributed by atoms with Crippen LogP contribution < -0.4 is 11.1 Å². The van der Waals surface area contributed by atoms with Gasteiger partial charge in [-0.3, -0.25) is 0 Å². The van der Waals surface area contributed by atoms with Crippen molar-refractivity contribution in [3.05, 3.63) is 77.9 Å². The lowest BCUT2D eigenvalue weighted by atomic mass is 10.1. The number of rotatable bonds is 4. The predicted molar refractivity (Wildman–Crippen MR) is 114 cm³/mol. The van der Waals surface area contributed by atoms with Crippen molar-refractivity contribution in [2.24, 2.45) is 10.7 Å². The zero-order valence-electron chi connectivity index (χ0n) is 14.3. The molecule has 0 bridgehead atoms. The summed E-state index contributed by atoms with van der Waals surface area (Å²) in [6.45, 7) is 4.62. The molecule has 25 heavy (non-hydrogen) atoms. The number of imidazole rings is 1. The molecule has 0 amide bonds. The molecule has 2 aromatic carbocycles. The molecule has 5 nitrogen and oxygen atoms in total. The molecule has 3 aromatic rings. The van der Waals surface area contributed by atoms with Gasteiger partial charge in [0.15, 0.2) is 5.96 Å². The summed E-state index contributed by atoms with van der Waals surface area (Å²) in [6.07, 6.45) is 5.45. The third kappa shape index (κ3) is 5.06. The van der Waals surface area contributed by atoms with E-state index < -0.39 is 0 Å². The Morgan fingerprint density at radius 3 is 2.56 bits per heavy atom. The van der Waals surface area contributed by atoms with Gasteiger partial charge in [-0.2, -0.15) is 0 Å². The lowest BCUT2D eigenvalue weighted by Gasteiger charge is -2.10. The largest absolute Gasteiger partial charge is 0.370 e. The van der Waals surface area contributed by atoms with Crippen molar-refractivity contribution in [1.82, 2.24) is 9.55 Å². The minimum absolute atomic E-state index is 0. The highest BCUT2D eigenvalue weighted by molar-refractivity contribution is 14.0. The molecule has 0 fully saturated rings. The van der Waals surface area contributed by atoms with Gasteiger partial charge >= 0.3 is 0 Å². The summed E-state index contributed by atoms with van der Waals surface area (Å²) in [5.74, 6) is 0.403. The molecule has 3 rings (SSSR count). The Kier molecular flexibility index (Phi) is 6.58. The monoisotopic (exact) mass is 447 g/mol. The fourth-order valence-electron chi connectivity index (χ4n) is 2.70. The molecular formula is C19H22IN5. The van der Waals surface area contributed by atoms with Gasteiger partial charge in [0.25, 0.3) is 0 Å². The summed E-state index contributed by atoms with van der Waals surface area (Å²) in [7, 11) is 0. The number of nitrogens with two attached hydrogens (primary N) is 1. The summed E-state index contributed by atoms with van der Waals surface area (Å²) in [5, 5.41) is 3.16. The van der Waals surface area contributed by atoms with E-state index in [9.17, 15) is 0 Å². The highest BCUT2D eigenvalue weighted by Crippen LogP contribution is 2.16. The Bertz CT molecular complexity index is 836. The van der Waals surface area contributed by atoms with Gasteiger partial charge < -0.3 is 15.6 Å². The molecule has 0 aliphatic heterocycles. The van der Waals surface area contributed by atoms with Crippen LogP contribution in [0.25, 0.3) is 5.69 Å². The van der Waals surface area contributed by atoms with Gasteiger partial charge in [0.05, 0.1) is 18.6 Å². The normalized spacial score (nSPS) is 11.0. The summed E-state index contributed by atoms with van der Waals surface area (Å²) in [6, 6.07) is 14.3. The lowest BCUT2D eigenvalue weighted by Crippen LogP contribution is -2.22. The molecule has 3 N–H and O–H groups in total. The van der Waals surface area contributed by atoms with Crippen molar-refractivity contribution in [2.75, 3.05) is 5.32 Å². The first-order valence-electron chi connectivity index (χ1n) is 7.83. The molecule has 0 radical (unpaired) electrons.